The van der Waals surface area contributed by atoms with Gasteiger partial charge in [0.15, 0.2) is 0 Å². The summed E-state index contributed by atoms with van der Waals surface area (Å²) < 4.78 is 45.9. The lowest BCUT2D eigenvalue weighted by Gasteiger charge is -2.28. The van der Waals surface area contributed by atoms with Gasteiger partial charge in [-0.1, -0.05) is 12.1 Å². The minimum Gasteiger partial charge on any atom is -0.381 e. The van der Waals surface area contributed by atoms with Crippen molar-refractivity contribution in [2.24, 2.45) is 0 Å². The Labute approximate surface area is 207 Å². The summed E-state index contributed by atoms with van der Waals surface area (Å²) in [5, 5.41) is 3.40. The molecular formula is C26H29F3N4O3. The van der Waals surface area contributed by atoms with Crippen molar-refractivity contribution in [1.29, 1.82) is 0 Å². The molecule has 192 valence electrons. The van der Waals surface area contributed by atoms with E-state index in [2.05, 4.69) is 10.3 Å². The zero-order valence-electron chi connectivity index (χ0n) is 20.3. The van der Waals surface area contributed by atoms with Crippen LogP contribution in [-0.2, 0) is 21.5 Å². The van der Waals surface area contributed by atoms with E-state index in [-0.39, 0.29) is 36.7 Å². The Morgan fingerprint density at radius 1 is 1.08 bits per heavy atom. The average Bonchev–Trinajstić information content (AvgIpc) is 3.64. The van der Waals surface area contributed by atoms with Gasteiger partial charge in [0, 0.05) is 32.0 Å². The van der Waals surface area contributed by atoms with Crippen molar-refractivity contribution in [2.45, 2.75) is 69.2 Å². The van der Waals surface area contributed by atoms with Gasteiger partial charge >= 0.3 is 12.2 Å². The Hall–Kier alpha value is -3.14. The molecular weight excluding hydrogens is 473 g/mol. The summed E-state index contributed by atoms with van der Waals surface area (Å²) in [6.45, 7) is 4.93. The van der Waals surface area contributed by atoms with Crippen molar-refractivity contribution in [2.75, 3.05) is 23.4 Å². The molecule has 3 heterocycles. The van der Waals surface area contributed by atoms with E-state index in [1.165, 1.54) is 29.2 Å². The topological polar surface area (TPSA) is 74.8 Å². The molecule has 0 bridgehead atoms. The third-order valence-electron chi connectivity index (χ3n) is 7.53. The highest BCUT2D eigenvalue weighted by atomic mass is 19.4. The molecule has 0 radical (unpaired) electrons. The number of nitrogens with one attached hydrogen (secondary N) is 1. The summed E-state index contributed by atoms with van der Waals surface area (Å²) in [6, 6.07) is 9.04. The second kappa shape index (κ2) is 8.76. The average molecular weight is 503 g/mol. The molecule has 1 aromatic carbocycles. The van der Waals surface area contributed by atoms with Crippen molar-refractivity contribution in [1.82, 2.24) is 9.88 Å². The van der Waals surface area contributed by atoms with E-state index in [4.69, 9.17) is 4.74 Å². The minimum absolute atomic E-state index is 0.0511. The number of benzene rings is 1. The number of aromatic nitrogens is 1. The van der Waals surface area contributed by atoms with Gasteiger partial charge in [-0.05, 0) is 74.9 Å². The van der Waals surface area contributed by atoms with E-state index in [9.17, 15) is 22.8 Å². The van der Waals surface area contributed by atoms with Gasteiger partial charge in [0.05, 0.1) is 11.1 Å². The molecule has 0 atom stereocenters. The Bertz CT molecular complexity index is 1160. The number of amides is 3. The van der Waals surface area contributed by atoms with Gasteiger partial charge < -0.3 is 15.0 Å². The molecule has 5 rings (SSSR count). The first-order chi connectivity index (χ1) is 17.0. The standard InChI is InChI=1S/C26H29F3N4O3/c1-24(2)22(34)33(20-5-3-18(4-6-20)25(10-11-25)26(27,28)29)23(35)32(24)16-17-7-12-30-21(15-17)31-19-8-13-36-14-9-19/h3-7,12,15,19H,8-11,13-14,16H2,1-2H3,(H,30,31). The van der Waals surface area contributed by atoms with Crippen LogP contribution < -0.4 is 10.2 Å². The zero-order valence-corrected chi connectivity index (χ0v) is 20.3. The van der Waals surface area contributed by atoms with E-state index in [1.807, 2.05) is 6.07 Å². The Balaban J connectivity index is 1.34. The number of rotatable bonds is 6. The number of ether oxygens (including phenoxy) is 1. The third kappa shape index (κ3) is 4.21. The summed E-state index contributed by atoms with van der Waals surface area (Å²) in [5.41, 5.74) is -1.70. The van der Waals surface area contributed by atoms with Gasteiger partial charge in [0.25, 0.3) is 5.91 Å². The van der Waals surface area contributed by atoms with Crippen molar-refractivity contribution < 1.29 is 27.5 Å². The number of alkyl halides is 3. The van der Waals surface area contributed by atoms with Crippen molar-refractivity contribution in [3.05, 3.63) is 53.7 Å². The molecule has 3 aliphatic rings. The van der Waals surface area contributed by atoms with Gasteiger partial charge in [-0.3, -0.25) is 4.79 Å². The zero-order chi connectivity index (χ0) is 25.7. The van der Waals surface area contributed by atoms with Gasteiger partial charge in [0.1, 0.15) is 11.4 Å². The Morgan fingerprint density at radius 3 is 2.36 bits per heavy atom. The molecule has 3 fully saturated rings. The largest absolute Gasteiger partial charge is 0.398 e. The highest BCUT2D eigenvalue weighted by Crippen LogP contribution is 2.59. The second-order valence-electron chi connectivity index (χ2n) is 10.3. The second-order valence-corrected chi connectivity index (χ2v) is 10.3. The van der Waals surface area contributed by atoms with Gasteiger partial charge in [0.2, 0.25) is 0 Å². The normalized spacial score (nSPS) is 21.7. The number of hydrogen-bond donors (Lipinski definition) is 1. The summed E-state index contributed by atoms with van der Waals surface area (Å²) in [6.07, 6.45) is -0.788. The molecule has 2 saturated heterocycles. The predicted octanol–water partition coefficient (Wildman–Crippen LogP) is 5.01. The fourth-order valence-corrected chi connectivity index (χ4v) is 5.00. The van der Waals surface area contributed by atoms with Crippen LogP contribution in [0.5, 0.6) is 0 Å². The molecule has 36 heavy (non-hydrogen) atoms. The molecule has 7 nitrogen and oxygen atoms in total. The molecule has 1 aliphatic carbocycles. The van der Waals surface area contributed by atoms with E-state index in [0.717, 1.165) is 23.3 Å². The van der Waals surface area contributed by atoms with Crippen LogP contribution >= 0.6 is 0 Å². The van der Waals surface area contributed by atoms with Crippen molar-refractivity contribution in [3.63, 3.8) is 0 Å². The Kier molecular flexibility index (Phi) is 5.97. The van der Waals surface area contributed by atoms with Crippen LogP contribution in [0.3, 0.4) is 0 Å². The van der Waals surface area contributed by atoms with Crippen LogP contribution in [0.4, 0.5) is 29.5 Å². The quantitative estimate of drug-likeness (QED) is 0.562. The minimum atomic E-state index is -4.32. The maximum Gasteiger partial charge on any atom is 0.398 e. The number of pyridine rings is 1. The fourth-order valence-electron chi connectivity index (χ4n) is 5.00. The van der Waals surface area contributed by atoms with Crippen LogP contribution in [-0.4, -0.2) is 52.8 Å². The molecule has 1 N–H and O–H groups in total. The highest BCUT2D eigenvalue weighted by Gasteiger charge is 2.64. The van der Waals surface area contributed by atoms with Crippen LogP contribution in [0.15, 0.2) is 42.6 Å². The number of carbonyl (C=O) groups excluding carboxylic acids is 2. The van der Waals surface area contributed by atoms with Gasteiger partial charge in [-0.2, -0.15) is 13.2 Å². The molecule has 0 unspecified atom stereocenters. The number of urea groups is 1. The Morgan fingerprint density at radius 2 is 1.75 bits per heavy atom. The third-order valence-corrected chi connectivity index (χ3v) is 7.53. The molecule has 10 heteroatoms. The molecule has 0 spiro atoms. The summed E-state index contributed by atoms with van der Waals surface area (Å²) in [5.74, 6) is 0.271. The lowest BCUT2D eigenvalue weighted by Crippen LogP contribution is -2.43. The predicted molar refractivity (Wildman–Crippen MR) is 128 cm³/mol. The van der Waals surface area contributed by atoms with Gasteiger partial charge in [-0.15, -0.1) is 0 Å². The van der Waals surface area contributed by atoms with Crippen molar-refractivity contribution >= 4 is 23.4 Å². The van der Waals surface area contributed by atoms with Gasteiger partial charge in [-0.25, -0.2) is 14.7 Å². The molecule has 1 saturated carbocycles. The maximum atomic E-state index is 13.5. The summed E-state index contributed by atoms with van der Waals surface area (Å²) >= 11 is 0. The summed E-state index contributed by atoms with van der Waals surface area (Å²) in [4.78, 5) is 33.6. The smallest absolute Gasteiger partial charge is 0.381 e. The number of halogens is 3. The number of carbonyl (C=O) groups is 2. The molecule has 2 aliphatic heterocycles. The van der Waals surface area contributed by atoms with E-state index in [0.29, 0.717) is 19.0 Å². The molecule has 1 aromatic heterocycles. The van der Waals surface area contributed by atoms with Crippen LogP contribution in [0.25, 0.3) is 0 Å². The van der Waals surface area contributed by atoms with Crippen LogP contribution in [0.1, 0.15) is 50.7 Å². The SMILES string of the molecule is CC1(C)C(=O)N(c2ccc(C3(C(F)(F)F)CC3)cc2)C(=O)N1Cc1ccnc(NC2CCOCC2)c1. The first-order valence-electron chi connectivity index (χ1n) is 12.2. The first kappa shape index (κ1) is 24.5. The maximum absolute atomic E-state index is 13.5. The van der Waals surface area contributed by atoms with E-state index >= 15 is 0 Å². The highest BCUT2D eigenvalue weighted by molar-refractivity contribution is 6.22. The fraction of sp³-hybridized carbons (Fsp3) is 0.500. The van der Waals surface area contributed by atoms with Crippen LogP contribution in [0.2, 0.25) is 0 Å². The van der Waals surface area contributed by atoms with E-state index < -0.39 is 29.1 Å². The van der Waals surface area contributed by atoms with Crippen LogP contribution in [0, 0.1) is 0 Å². The first-order valence-corrected chi connectivity index (χ1v) is 12.2. The molecule has 3 amide bonds. The lowest BCUT2D eigenvalue weighted by atomic mass is 9.95. The monoisotopic (exact) mass is 502 g/mol. The van der Waals surface area contributed by atoms with E-state index in [1.54, 1.807) is 26.1 Å². The number of imide groups is 1. The number of nitrogens with zero attached hydrogens (tertiary/aromatic N) is 3. The number of hydrogen-bond acceptors (Lipinski definition) is 5. The summed E-state index contributed by atoms with van der Waals surface area (Å²) in [7, 11) is 0. The lowest BCUT2D eigenvalue weighted by molar-refractivity contribution is -0.160. The number of anilines is 2. The molecule has 2 aromatic rings. The van der Waals surface area contributed by atoms with Crippen molar-refractivity contribution in [3.8, 4) is 0 Å².